The van der Waals surface area contributed by atoms with Gasteiger partial charge in [0.2, 0.25) is 5.88 Å². The van der Waals surface area contributed by atoms with Crippen molar-refractivity contribution < 1.29 is 9.53 Å². The molecule has 1 saturated heterocycles. The van der Waals surface area contributed by atoms with Gasteiger partial charge in [0.05, 0.1) is 12.8 Å². The van der Waals surface area contributed by atoms with E-state index in [1.807, 2.05) is 40.9 Å². The molecule has 0 aliphatic carbocycles. The van der Waals surface area contributed by atoms with Crippen LogP contribution in [0, 0.1) is 0 Å². The number of hydrogen-bond donors (Lipinski definition) is 1. The Balaban J connectivity index is 1.88. The fourth-order valence-electron chi connectivity index (χ4n) is 2.41. The molecule has 1 aromatic heterocycles. The number of nitrogens with zero attached hydrogens (tertiary/aromatic N) is 2. The van der Waals surface area contributed by atoms with Gasteiger partial charge in [0.25, 0.3) is 0 Å². The molecule has 6 heteroatoms. The van der Waals surface area contributed by atoms with E-state index < -0.39 is 0 Å². The topological polar surface area (TPSA) is 54.5 Å². The van der Waals surface area contributed by atoms with Gasteiger partial charge >= 0.3 is 6.03 Å². The Morgan fingerprint density at radius 2 is 2.10 bits per heavy atom. The van der Waals surface area contributed by atoms with E-state index in [4.69, 9.17) is 4.74 Å². The van der Waals surface area contributed by atoms with Crippen molar-refractivity contribution in [3.8, 4) is 5.88 Å². The minimum atomic E-state index is -0.0430. The number of pyridine rings is 1. The Labute approximate surface area is 127 Å². The molecule has 1 N–H and O–H groups in total. The molecule has 0 atom stereocenters. The number of carbonyl (C=O) groups excluding carboxylic acids is 1. The third-order valence-electron chi connectivity index (χ3n) is 3.50. The van der Waals surface area contributed by atoms with Gasteiger partial charge in [-0.1, -0.05) is 6.07 Å². The van der Waals surface area contributed by atoms with Crippen LogP contribution in [0.5, 0.6) is 5.88 Å². The number of methoxy groups -OCH3 is 1. The van der Waals surface area contributed by atoms with Gasteiger partial charge in [-0.25, -0.2) is 9.78 Å². The van der Waals surface area contributed by atoms with Gasteiger partial charge in [-0.15, -0.1) is 0 Å². The monoisotopic (exact) mass is 303 g/mol. The fourth-order valence-corrected chi connectivity index (χ4v) is 3.32. The lowest BCUT2D eigenvalue weighted by molar-refractivity contribution is 0.217. The Hall–Kier alpha value is -1.95. The number of anilines is 1. The Morgan fingerprint density at radius 3 is 2.86 bits per heavy atom. The van der Waals surface area contributed by atoms with Crippen molar-refractivity contribution in [2.24, 2.45) is 0 Å². The highest BCUT2D eigenvalue weighted by Gasteiger charge is 2.17. The molecule has 0 unspecified atom stereocenters. The summed E-state index contributed by atoms with van der Waals surface area (Å²) >= 11 is 1.88. The van der Waals surface area contributed by atoms with Gasteiger partial charge in [-0.3, -0.25) is 0 Å². The van der Waals surface area contributed by atoms with Crippen LogP contribution in [-0.4, -0.2) is 47.6 Å². The first-order chi connectivity index (χ1) is 10.3. The van der Waals surface area contributed by atoms with Crippen molar-refractivity contribution in [1.82, 2.24) is 9.88 Å². The highest BCUT2D eigenvalue weighted by Crippen LogP contribution is 2.29. The van der Waals surface area contributed by atoms with Crippen LogP contribution in [0.25, 0.3) is 10.8 Å². The Morgan fingerprint density at radius 1 is 1.29 bits per heavy atom. The number of thioether (sulfide) groups is 1. The van der Waals surface area contributed by atoms with Crippen molar-refractivity contribution in [3.63, 3.8) is 0 Å². The number of ether oxygens (including phenoxy) is 1. The predicted molar refractivity (Wildman–Crippen MR) is 86.2 cm³/mol. The highest BCUT2D eigenvalue weighted by molar-refractivity contribution is 7.99. The molecule has 0 radical (unpaired) electrons. The fraction of sp³-hybridized carbons (Fsp3) is 0.333. The number of carbonyl (C=O) groups is 1. The third kappa shape index (κ3) is 2.90. The maximum absolute atomic E-state index is 12.3. The first-order valence-corrected chi connectivity index (χ1v) is 8.00. The molecule has 1 aromatic carbocycles. The number of rotatable bonds is 2. The zero-order valence-corrected chi connectivity index (χ0v) is 12.7. The molecule has 2 aromatic rings. The molecule has 2 heterocycles. The van der Waals surface area contributed by atoms with Crippen molar-refractivity contribution in [2.75, 3.05) is 37.0 Å². The molecule has 110 valence electrons. The summed E-state index contributed by atoms with van der Waals surface area (Å²) in [6.07, 6.45) is 1.69. The minimum Gasteiger partial charge on any atom is -0.481 e. The summed E-state index contributed by atoms with van der Waals surface area (Å²) < 4.78 is 5.27. The predicted octanol–water partition coefficient (Wildman–Crippen LogP) is 2.82. The van der Waals surface area contributed by atoms with Gasteiger partial charge in [0.15, 0.2) is 0 Å². The van der Waals surface area contributed by atoms with E-state index >= 15 is 0 Å². The summed E-state index contributed by atoms with van der Waals surface area (Å²) in [4.78, 5) is 18.4. The summed E-state index contributed by atoms with van der Waals surface area (Å²) in [6, 6.07) is 7.58. The van der Waals surface area contributed by atoms with Gasteiger partial charge in [-0.05, 0) is 18.2 Å². The molecule has 0 saturated carbocycles. The van der Waals surface area contributed by atoms with Crippen LogP contribution in [0.15, 0.2) is 30.5 Å². The van der Waals surface area contributed by atoms with E-state index in [1.54, 1.807) is 13.3 Å². The van der Waals surface area contributed by atoms with Gasteiger partial charge in [-0.2, -0.15) is 11.8 Å². The molecule has 1 aliphatic rings. The molecule has 1 fully saturated rings. The van der Waals surface area contributed by atoms with Crippen molar-refractivity contribution in [3.05, 3.63) is 30.5 Å². The van der Waals surface area contributed by atoms with Crippen molar-refractivity contribution in [2.45, 2.75) is 0 Å². The van der Waals surface area contributed by atoms with Gasteiger partial charge in [0, 0.05) is 41.6 Å². The van der Waals surface area contributed by atoms with E-state index in [0.717, 1.165) is 41.1 Å². The van der Waals surface area contributed by atoms with E-state index in [9.17, 15) is 4.79 Å². The summed E-state index contributed by atoms with van der Waals surface area (Å²) in [6.45, 7) is 1.60. The zero-order valence-electron chi connectivity index (χ0n) is 11.8. The van der Waals surface area contributed by atoms with Crippen molar-refractivity contribution in [1.29, 1.82) is 0 Å². The average molecular weight is 303 g/mol. The lowest BCUT2D eigenvalue weighted by Gasteiger charge is -2.26. The normalized spacial score (nSPS) is 15.0. The number of amides is 2. The molecule has 0 bridgehead atoms. The highest BCUT2D eigenvalue weighted by atomic mass is 32.2. The zero-order chi connectivity index (χ0) is 14.7. The maximum atomic E-state index is 12.3. The Kier molecular flexibility index (Phi) is 4.15. The molecule has 21 heavy (non-hydrogen) atoms. The smallest absolute Gasteiger partial charge is 0.321 e. The number of hydrogen-bond acceptors (Lipinski definition) is 4. The number of fused-ring (bicyclic) bond motifs is 1. The van der Waals surface area contributed by atoms with Gasteiger partial charge in [0.1, 0.15) is 0 Å². The molecular formula is C15H17N3O2S. The first-order valence-electron chi connectivity index (χ1n) is 6.85. The SMILES string of the molecule is COc1nccc2c(NC(=O)N3CCSCC3)cccc12. The quantitative estimate of drug-likeness (QED) is 0.927. The van der Waals surface area contributed by atoms with E-state index in [-0.39, 0.29) is 6.03 Å². The van der Waals surface area contributed by atoms with E-state index in [1.165, 1.54) is 0 Å². The molecule has 3 rings (SSSR count). The van der Waals surface area contributed by atoms with Crippen LogP contribution >= 0.6 is 11.8 Å². The van der Waals surface area contributed by atoms with Crippen LogP contribution in [-0.2, 0) is 0 Å². The standard InChI is InChI=1S/C15H17N3O2S/c1-20-14-12-3-2-4-13(11(12)5-6-16-14)17-15(19)18-7-9-21-10-8-18/h2-6H,7-10H2,1H3,(H,17,19). The number of benzene rings is 1. The summed E-state index contributed by atoms with van der Waals surface area (Å²) in [7, 11) is 1.60. The lowest BCUT2D eigenvalue weighted by atomic mass is 10.1. The second-order valence-electron chi connectivity index (χ2n) is 4.75. The van der Waals surface area contributed by atoms with Gasteiger partial charge < -0.3 is 15.0 Å². The molecule has 1 aliphatic heterocycles. The number of aromatic nitrogens is 1. The van der Waals surface area contributed by atoms with E-state index in [2.05, 4.69) is 10.3 Å². The summed E-state index contributed by atoms with van der Waals surface area (Å²) in [5.74, 6) is 2.57. The van der Waals surface area contributed by atoms with Crippen LogP contribution in [0.3, 0.4) is 0 Å². The molecule has 0 spiro atoms. The first kappa shape index (κ1) is 14.0. The van der Waals surface area contributed by atoms with Crippen molar-refractivity contribution >= 4 is 34.3 Å². The number of nitrogens with one attached hydrogen (secondary N) is 1. The largest absolute Gasteiger partial charge is 0.481 e. The molecule has 5 nitrogen and oxygen atoms in total. The van der Waals surface area contributed by atoms with Crippen LogP contribution < -0.4 is 10.1 Å². The lowest BCUT2D eigenvalue weighted by Crippen LogP contribution is -2.40. The second kappa shape index (κ2) is 6.22. The van der Waals surface area contributed by atoms with Crippen LogP contribution in [0.2, 0.25) is 0 Å². The molecular weight excluding hydrogens is 286 g/mol. The van der Waals surface area contributed by atoms with Crippen LogP contribution in [0.4, 0.5) is 10.5 Å². The van der Waals surface area contributed by atoms with E-state index in [0.29, 0.717) is 5.88 Å². The summed E-state index contributed by atoms with van der Waals surface area (Å²) in [5.41, 5.74) is 0.788. The molecule has 2 amide bonds. The third-order valence-corrected chi connectivity index (χ3v) is 4.45. The minimum absolute atomic E-state index is 0.0430. The Bertz CT molecular complexity index is 656. The average Bonchev–Trinajstić information content (AvgIpc) is 2.55. The second-order valence-corrected chi connectivity index (χ2v) is 5.98. The maximum Gasteiger partial charge on any atom is 0.321 e. The van der Waals surface area contributed by atoms with Crippen LogP contribution in [0.1, 0.15) is 0 Å². The summed E-state index contributed by atoms with van der Waals surface area (Å²) in [5, 5.41) is 4.83. The number of urea groups is 1.